The molecule has 0 bridgehead atoms. The number of hydrogen-bond donors (Lipinski definition) is 1. The monoisotopic (exact) mass is 264 g/mol. The molecule has 0 aromatic heterocycles. The molecule has 0 aliphatic rings. The van der Waals surface area contributed by atoms with E-state index in [1.807, 2.05) is 0 Å². The molecular formula is C16H24O3. The minimum Gasteiger partial charge on any atom is -0.493 e. The van der Waals surface area contributed by atoms with Crippen molar-refractivity contribution in [2.75, 3.05) is 6.61 Å². The van der Waals surface area contributed by atoms with Crippen LogP contribution in [0.4, 0.5) is 0 Å². The Hall–Kier alpha value is -1.51. The van der Waals surface area contributed by atoms with Gasteiger partial charge in [-0.1, -0.05) is 33.6 Å². The molecule has 106 valence electrons. The van der Waals surface area contributed by atoms with Crippen LogP contribution in [0.25, 0.3) is 0 Å². The predicted octanol–water partition coefficient (Wildman–Crippen LogP) is 4.08. The van der Waals surface area contributed by atoms with Crippen molar-refractivity contribution in [1.82, 2.24) is 0 Å². The van der Waals surface area contributed by atoms with Gasteiger partial charge in [-0.15, -0.1) is 0 Å². The summed E-state index contributed by atoms with van der Waals surface area (Å²) in [5, 5.41) is 9.20. The molecule has 0 fully saturated rings. The minimum absolute atomic E-state index is 0.371. The second-order valence-corrected chi connectivity index (χ2v) is 4.78. The SMILES string of the molecule is CCCOc1c(CCC)cc(C(=O)O)cc1CCC. The summed E-state index contributed by atoms with van der Waals surface area (Å²) < 4.78 is 5.86. The van der Waals surface area contributed by atoms with Gasteiger partial charge in [0.1, 0.15) is 5.75 Å². The number of carboxylic acids is 1. The van der Waals surface area contributed by atoms with E-state index in [-0.39, 0.29) is 0 Å². The number of hydrogen-bond acceptors (Lipinski definition) is 2. The number of aromatic carboxylic acids is 1. The molecule has 1 rings (SSSR count). The Balaban J connectivity index is 3.23. The average Bonchev–Trinajstić information content (AvgIpc) is 2.38. The lowest BCUT2D eigenvalue weighted by atomic mass is 9.98. The lowest BCUT2D eigenvalue weighted by molar-refractivity contribution is 0.0696. The highest BCUT2D eigenvalue weighted by atomic mass is 16.5. The van der Waals surface area contributed by atoms with Crippen molar-refractivity contribution in [3.8, 4) is 5.75 Å². The van der Waals surface area contributed by atoms with Gasteiger partial charge in [0.2, 0.25) is 0 Å². The zero-order valence-corrected chi connectivity index (χ0v) is 12.2. The first-order valence-electron chi connectivity index (χ1n) is 7.15. The molecule has 0 aliphatic heterocycles. The van der Waals surface area contributed by atoms with E-state index in [4.69, 9.17) is 4.74 Å². The van der Waals surface area contributed by atoms with Crippen LogP contribution >= 0.6 is 0 Å². The Bertz CT molecular complexity index is 397. The van der Waals surface area contributed by atoms with Crippen molar-refractivity contribution < 1.29 is 14.6 Å². The third-order valence-electron chi connectivity index (χ3n) is 2.98. The molecule has 0 amide bonds. The fourth-order valence-corrected chi connectivity index (χ4v) is 2.18. The van der Waals surface area contributed by atoms with Gasteiger partial charge in [0, 0.05) is 0 Å². The van der Waals surface area contributed by atoms with E-state index in [0.717, 1.165) is 49.0 Å². The van der Waals surface area contributed by atoms with Crippen LogP contribution in [0, 0.1) is 0 Å². The summed E-state index contributed by atoms with van der Waals surface area (Å²) in [6, 6.07) is 3.52. The van der Waals surface area contributed by atoms with Gasteiger partial charge in [-0.05, 0) is 42.5 Å². The van der Waals surface area contributed by atoms with E-state index in [0.29, 0.717) is 12.2 Å². The number of ether oxygens (including phenoxy) is 1. The van der Waals surface area contributed by atoms with Gasteiger partial charge in [0.05, 0.1) is 12.2 Å². The number of rotatable bonds is 8. The van der Waals surface area contributed by atoms with E-state index in [1.54, 1.807) is 12.1 Å². The lowest BCUT2D eigenvalue weighted by Gasteiger charge is -2.16. The van der Waals surface area contributed by atoms with Crippen LogP contribution in [-0.4, -0.2) is 17.7 Å². The minimum atomic E-state index is -0.864. The van der Waals surface area contributed by atoms with Crippen LogP contribution in [0.15, 0.2) is 12.1 Å². The number of carbonyl (C=O) groups is 1. The molecule has 0 saturated carbocycles. The predicted molar refractivity (Wildman–Crippen MR) is 77.2 cm³/mol. The topological polar surface area (TPSA) is 46.5 Å². The van der Waals surface area contributed by atoms with Crippen molar-refractivity contribution in [1.29, 1.82) is 0 Å². The molecule has 1 aromatic rings. The molecule has 1 N–H and O–H groups in total. The summed E-state index contributed by atoms with van der Waals surface area (Å²) in [6.45, 7) is 6.94. The van der Waals surface area contributed by atoms with Crippen LogP contribution in [-0.2, 0) is 12.8 Å². The fourth-order valence-electron chi connectivity index (χ4n) is 2.18. The molecule has 0 atom stereocenters. The highest BCUT2D eigenvalue weighted by Gasteiger charge is 2.14. The average molecular weight is 264 g/mol. The van der Waals surface area contributed by atoms with Crippen molar-refractivity contribution in [3.63, 3.8) is 0 Å². The maximum absolute atomic E-state index is 11.2. The van der Waals surface area contributed by atoms with Crippen LogP contribution < -0.4 is 4.74 Å². The van der Waals surface area contributed by atoms with Gasteiger partial charge in [-0.2, -0.15) is 0 Å². The Morgan fingerprint density at radius 2 is 1.58 bits per heavy atom. The molecule has 0 aliphatic carbocycles. The Morgan fingerprint density at radius 1 is 1.05 bits per heavy atom. The van der Waals surface area contributed by atoms with E-state index < -0.39 is 5.97 Å². The normalized spacial score (nSPS) is 10.5. The summed E-state index contributed by atoms with van der Waals surface area (Å²) in [4.78, 5) is 11.2. The highest BCUT2D eigenvalue weighted by molar-refractivity contribution is 5.88. The molecular weight excluding hydrogens is 240 g/mol. The van der Waals surface area contributed by atoms with Gasteiger partial charge >= 0.3 is 5.97 Å². The van der Waals surface area contributed by atoms with E-state index in [2.05, 4.69) is 20.8 Å². The van der Waals surface area contributed by atoms with Gasteiger partial charge in [-0.25, -0.2) is 4.79 Å². The van der Waals surface area contributed by atoms with Gasteiger partial charge in [0.15, 0.2) is 0 Å². The molecule has 3 nitrogen and oxygen atoms in total. The summed E-state index contributed by atoms with van der Waals surface area (Å²) in [6.07, 6.45) is 4.64. The van der Waals surface area contributed by atoms with Crippen molar-refractivity contribution in [2.24, 2.45) is 0 Å². The van der Waals surface area contributed by atoms with Crippen molar-refractivity contribution in [3.05, 3.63) is 28.8 Å². The van der Waals surface area contributed by atoms with E-state index in [1.165, 1.54) is 0 Å². The number of aryl methyl sites for hydroxylation is 2. The van der Waals surface area contributed by atoms with Crippen molar-refractivity contribution >= 4 is 5.97 Å². The first-order valence-corrected chi connectivity index (χ1v) is 7.15. The first-order chi connectivity index (χ1) is 9.13. The maximum Gasteiger partial charge on any atom is 0.335 e. The zero-order valence-electron chi connectivity index (χ0n) is 12.2. The standard InChI is InChI=1S/C16H24O3/c1-4-7-12-10-14(16(17)18)11-13(8-5-2)15(12)19-9-6-3/h10-11H,4-9H2,1-3H3,(H,17,18). The molecule has 1 aromatic carbocycles. The molecule has 0 saturated heterocycles. The van der Waals surface area contributed by atoms with Gasteiger partial charge < -0.3 is 9.84 Å². The molecule has 19 heavy (non-hydrogen) atoms. The summed E-state index contributed by atoms with van der Waals surface area (Å²) in [5.41, 5.74) is 2.43. The molecule has 3 heteroatoms. The highest BCUT2D eigenvalue weighted by Crippen LogP contribution is 2.29. The van der Waals surface area contributed by atoms with Crippen molar-refractivity contribution in [2.45, 2.75) is 52.9 Å². The van der Waals surface area contributed by atoms with Crippen LogP contribution in [0.1, 0.15) is 61.5 Å². The third-order valence-corrected chi connectivity index (χ3v) is 2.98. The molecule has 0 radical (unpaired) electrons. The largest absolute Gasteiger partial charge is 0.493 e. The van der Waals surface area contributed by atoms with Crippen LogP contribution in [0.5, 0.6) is 5.75 Å². The Kier molecular flexibility index (Phi) is 6.40. The zero-order chi connectivity index (χ0) is 14.3. The second-order valence-electron chi connectivity index (χ2n) is 4.78. The van der Waals surface area contributed by atoms with Gasteiger partial charge in [-0.3, -0.25) is 0 Å². The smallest absolute Gasteiger partial charge is 0.335 e. The summed E-state index contributed by atoms with van der Waals surface area (Å²) >= 11 is 0. The van der Waals surface area contributed by atoms with E-state index >= 15 is 0 Å². The summed E-state index contributed by atoms with van der Waals surface area (Å²) in [7, 11) is 0. The fraction of sp³-hybridized carbons (Fsp3) is 0.562. The third kappa shape index (κ3) is 4.27. The Labute approximate surface area is 115 Å². The number of carboxylic acid groups (broad SMARTS) is 1. The van der Waals surface area contributed by atoms with Crippen LogP contribution in [0.2, 0.25) is 0 Å². The molecule has 0 spiro atoms. The quantitative estimate of drug-likeness (QED) is 0.769. The Morgan fingerprint density at radius 3 is 1.95 bits per heavy atom. The number of benzene rings is 1. The summed E-state index contributed by atoms with van der Waals surface area (Å²) in [5.74, 6) is 0.0484. The second kappa shape index (κ2) is 7.82. The molecule has 0 unspecified atom stereocenters. The van der Waals surface area contributed by atoms with Crippen LogP contribution in [0.3, 0.4) is 0 Å². The lowest BCUT2D eigenvalue weighted by Crippen LogP contribution is -2.06. The van der Waals surface area contributed by atoms with Gasteiger partial charge in [0.25, 0.3) is 0 Å². The van der Waals surface area contributed by atoms with E-state index in [9.17, 15) is 9.90 Å². The first kappa shape index (κ1) is 15.5. The maximum atomic E-state index is 11.2. The molecule has 0 heterocycles.